The molecule has 0 aliphatic carbocycles. The van der Waals surface area contributed by atoms with Gasteiger partial charge in [0.2, 0.25) is 0 Å². The van der Waals surface area contributed by atoms with Crippen molar-refractivity contribution < 1.29 is 19.8 Å². The van der Waals surface area contributed by atoms with Gasteiger partial charge in [0.25, 0.3) is 0 Å². The Hall–Kier alpha value is -1.59. The van der Waals surface area contributed by atoms with Crippen LogP contribution in [0.4, 0.5) is 5.69 Å². The molecule has 1 unspecified atom stereocenters. The molecular formula is C9H11NO4. The normalized spacial score (nSPS) is 11.9. The molecule has 0 bridgehead atoms. The molecule has 14 heavy (non-hydrogen) atoms. The molecule has 1 rings (SSSR count). The van der Waals surface area contributed by atoms with E-state index in [1.165, 1.54) is 0 Å². The summed E-state index contributed by atoms with van der Waals surface area (Å²) in [6, 6.07) is 8.73. The Morgan fingerprint density at radius 3 is 2.64 bits per heavy atom. The minimum Gasteiger partial charge on any atom is -0.393 e. The Kier molecular flexibility index (Phi) is 3.90. The van der Waals surface area contributed by atoms with E-state index in [-0.39, 0.29) is 0 Å². The lowest BCUT2D eigenvalue weighted by atomic mass is 10.3. The van der Waals surface area contributed by atoms with Gasteiger partial charge in [-0.3, -0.25) is 0 Å². The molecule has 0 fully saturated rings. The van der Waals surface area contributed by atoms with E-state index >= 15 is 0 Å². The van der Waals surface area contributed by atoms with Crippen LogP contribution in [0.1, 0.15) is 0 Å². The van der Waals surface area contributed by atoms with Crippen molar-refractivity contribution in [3.05, 3.63) is 30.3 Å². The predicted molar refractivity (Wildman–Crippen MR) is 49.2 cm³/mol. The highest BCUT2D eigenvalue weighted by molar-refractivity contribution is 5.75. The molecule has 3 N–H and O–H groups in total. The third-order valence-corrected chi connectivity index (χ3v) is 1.49. The number of carbonyl (C=O) groups excluding carboxylic acids is 1. The molecule has 0 aromatic heterocycles. The first-order chi connectivity index (χ1) is 6.74. The van der Waals surface area contributed by atoms with E-state index < -0.39 is 18.7 Å². The highest BCUT2D eigenvalue weighted by atomic mass is 16.7. The van der Waals surface area contributed by atoms with Gasteiger partial charge in [-0.2, -0.15) is 0 Å². The summed E-state index contributed by atoms with van der Waals surface area (Å²) in [7, 11) is 0. The molecule has 0 saturated carbocycles. The maximum absolute atomic E-state index is 10.9. The van der Waals surface area contributed by atoms with Gasteiger partial charge in [-0.25, -0.2) is 10.3 Å². The van der Waals surface area contributed by atoms with Crippen molar-refractivity contribution in [3.63, 3.8) is 0 Å². The fraction of sp³-hybridized carbons (Fsp3) is 0.222. The van der Waals surface area contributed by atoms with Crippen molar-refractivity contribution in [2.75, 3.05) is 12.1 Å². The molecule has 0 radical (unpaired) electrons. The molecule has 0 heterocycles. The van der Waals surface area contributed by atoms with Crippen LogP contribution in [-0.4, -0.2) is 28.9 Å². The molecule has 1 aromatic carbocycles. The molecule has 0 saturated heterocycles. The third kappa shape index (κ3) is 3.04. The number of benzene rings is 1. The van der Waals surface area contributed by atoms with Crippen LogP contribution in [0.2, 0.25) is 0 Å². The van der Waals surface area contributed by atoms with Gasteiger partial charge in [0.1, 0.15) is 0 Å². The van der Waals surface area contributed by atoms with Crippen molar-refractivity contribution in [1.82, 2.24) is 0 Å². The average Bonchev–Trinajstić information content (AvgIpc) is 2.26. The van der Waals surface area contributed by atoms with Gasteiger partial charge in [0.05, 0.1) is 12.3 Å². The van der Waals surface area contributed by atoms with Gasteiger partial charge in [-0.1, -0.05) is 18.2 Å². The summed E-state index contributed by atoms with van der Waals surface area (Å²) in [5.41, 5.74) is 2.93. The first-order valence-corrected chi connectivity index (χ1v) is 4.04. The Labute approximate surface area is 80.9 Å². The largest absolute Gasteiger partial charge is 0.393 e. The second-order valence-corrected chi connectivity index (χ2v) is 2.59. The third-order valence-electron chi connectivity index (χ3n) is 1.49. The van der Waals surface area contributed by atoms with E-state index in [1.54, 1.807) is 24.3 Å². The Balaban J connectivity index is 2.38. The quantitative estimate of drug-likeness (QED) is 0.588. The number of carbonyl (C=O) groups is 1. The zero-order valence-corrected chi connectivity index (χ0v) is 7.38. The van der Waals surface area contributed by atoms with E-state index in [2.05, 4.69) is 10.3 Å². The van der Waals surface area contributed by atoms with E-state index in [9.17, 15) is 4.79 Å². The van der Waals surface area contributed by atoms with Crippen molar-refractivity contribution >= 4 is 11.7 Å². The highest BCUT2D eigenvalue weighted by Gasteiger charge is 2.15. The van der Waals surface area contributed by atoms with Gasteiger partial charge in [-0.15, -0.1) is 0 Å². The molecule has 0 aliphatic rings. The SMILES string of the molecule is O=C(ONc1ccccc1)C(O)CO. The molecule has 5 heteroatoms. The van der Waals surface area contributed by atoms with Crippen LogP contribution in [0, 0.1) is 0 Å². The van der Waals surface area contributed by atoms with Crippen LogP contribution < -0.4 is 5.48 Å². The summed E-state index contributed by atoms with van der Waals surface area (Å²) in [6.07, 6.45) is -1.51. The number of hydrogen-bond donors (Lipinski definition) is 3. The number of anilines is 1. The van der Waals surface area contributed by atoms with Crippen molar-refractivity contribution in [3.8, 4) is 0 Å². The number of aliphatic hydroxyl groups is 2. The Morgan fingerprint density at radius 1 is 1.43 bits per heavy atom. The lowest BCUT2D eigenvalue weighted by Gasteiger charge is -2.08. The summed E-state index contributed by atoms with van der Waals surface area (Å²) in [5.74, 6) is -0.920. The van der Waals surface area contributed by atoms with Crippen molar-refractivity contribution in [2.45, 2.75) is 6.10 Å². The standard InChI is InChI=1S/C9H11NO4/c11-6-8(12)9(13)14-10-7-4-2-1-3-5-7/h1-5,8,10-12H,6H2. The topological polar surface area (TPSA) is 78.8 Å². The van der Waals surface area contributed by atoms with Crippen LogP contribution in [0.3, 0.4) is 0 Å². The van der Waals surface area contributed by atoms with E-state index in [0.717, 1.165) is 0 Å². The molecule has 1 aromatic rings. The van der Waals surface area contributed by atoms with Crippen LogP contribution in [0.15, 0.2) is 30.3 Å². The molecule has 5 nitrogen and oxygen atoms in total. The van der Waals surface area contributed by atoms with Crippen LogP contribution in [-0.2, 0) is 9.63 Å². The second-order valence-electron chi connectivity index (χ2n) is 2.59. The fourth-order valence-electron chi connectivity index (χ4n) is 0.758. The first-order valence-electron chi connectivity index (χ1n) is 4.04. The number of aliphatic hydroxyl groups excluding tert-OH is 2. The molecule has 1 atom stereocenters. The predicted octanol–water partition coefficient (Wildman–Crippen LogP) is -0.0901. The van der Waals surface area contributed by atoms with E-state index in [1.807, 2.05) is 6.07 Å². The van der Waals surface area contributed by atoms with Crippen LogP contribution in [0.25, 0.3) is 0 Å². The summed E-state index contributed by atoms with van der Waals surface area (Å²) in [5, 5.41) is 17.3. The Bertz CT molecular complexity index is 288. The van der Waals surface area contributed by atoms with Gasteiger partial charge in [-0.05, 0) is 12.1 Å². The minimum atomic E-state index is -1.51. The number of hydrogen-bond acceptors (Lipinski definition) is 5. The van der Waals surface area contributed by atoms with Gasteiger partial charge < -0.3 is 15.1 Å². The second kappa shape index (κ2) is 5.21. The summed E-state index contributed by atoms with van der Waals surface area (Å²) >= 11 is 0. The highest BCUT2D eigenvalue weighted by Crippen LogP contribution is 2.04. The number of nitrogens with one attached hydrogen (secondary N) is 1. The van der Waals surface area contributed by atoms with E-state index in [4.69, 9.17) is 10.2 Å². The number of para-hydroxylation sites is 1. The monoisotopic (exact) mass is 197 g/mol. The van der Waals surface area contributed by atoms with Gasteiger partial charge in [0.15, 0.2) is 6.10 Å². The van der Waals surface area contributed by atoms with Gasteiger partial charge in [0, 0.05) is 0 Å². The smallest absolute Gasteiger partial charge is 0.362 e. The van der Waals surface area contributed by atoms with Crippen LogP contribution in [0.5, 0.6) is 0 Å². The summed E-state index contributed by atoms with van der Waals surface area (Å²) in [4.78, 5) is 15.3. The van der Waals surface area contributed by atoms with Gasteiger partial charge >= 0.3 is 5.97 Å². The molecule has 0 amide bonds. The van der Waals surface area contributed by atoms with Crippen molar-refractivity contribution in [2.24, 2.45) is 0 Å². The zero-order chi connectivity index (χ0) is 10.4. The zero-order valence-electron chi connectivity index (χ0n) is 7.38. The lowest BCUT2D eigenvalue weighted by Crippen LogP contribution is -2.28. The maximum Gasteiger partial charge on any atom is 0.362 e. The lowest BCUT2D eigenvalue weighted by molar-refractivity contribution is -0.152. The molecule has 76 valence electrons. The Morgan fingerprint density at radius 2 is 2.07 bits per heavy atom. The molecule has 0 spiro atoms. The maximum atomic E-state index is 10.9. The minimum absolute atomic E-state index is 0.589. The van der Waals surface area contributed by atoms with Crippen LogP contribution >= 0.6 is 0 Å². The molecular weight excluding hydrogens is 186 g/mol. The summed E-state index contributed by atoms with van der Waals surface area (Å²) < 4.78 is 0. The fourth-order valence-corrected chi connectivity index (χ4v) is 0.758. The summed E-state index contributed by atoms with van der Waals surface area (Å²) in [6.45, 7) is -0.657. The average molecular weight is 197 g/mol. The van der Waals surface area contributed by atoms with Crippen molar-refractivity contribution in [1.29, 1.82) is 0 Å². The number of rotatable bonds is 4. The first kappa shape index (κ1) is 10.5. The molecule has 0 aliphatic heterocycles. The van der Waals surface area contributed by atoms with E-state index in [0.29, 0.717) is 5.69 Å².